The molecule has 0 radical (unpaired) electrons. The van der Waals surface area contributed by atoms with E-state index in [1.807, 2.05) is 13.0 Å². The summed E-state index contributed by atoms with van der Waals surface area (Å²) in [6, 6.07) is 11.7. The zero-order valence-electron chi connectivity index (χ0n) is 10.6. The average Bonchev–Trinajstić information content (AvgIpc) is 2.37. The summed E-state index contributed by atoms with van der Waals surface area (Å²) in [4.78, 5) is 0. The van der Waals surface area contributed by atoms with Gasteiger partial charge in [0, 0.05) is 16.6 Å². The molecule has 0 aliphatic carbocycles. The lowest BCUT2D eigenvalue weighted by atomic mass is 10.1. The Balaban J connectivity index is 2.08. The predicted molar refractivity (Wildman–Crippen MR) is 74.8 cm³/mol. The molecule has 0 aliphatic rings. The third kappa shape index (κ3) is 3.46. The van der Waals surface area contributed by atoms with E-state index in [1.165, 1.54) is 6.07 Å². The molecule has 2 aromatic carbocycles. The van der Waals surface area contributed by atoms with E-state index >= 15 is 0 Å². The Bertz CT molecular complexity index is 572. The van der Waals surface area contributed by atoms with E-state index < -0.39 is 0 Å². The molecule has 1 atom stereocenters. The van der Waals surface area contributed by atoms with Crippen LogP contribution in [0.1, 0.15) is 24.1 Å². The van der Waals surface area contributed by atoms with E-state index in [0.29, 0.717) is 16.3 Å². The molecule has 0 bridgehead atoms. The zero-order valence-corrected chi connectivity index (χ0v) is 11.3. The largest absolute Gasteiger partial charge is 0.489 e. The van der Waals surface area contributed by atoms with E-state index in [9.17, 15) is 4.39 Å². The molecule has 0 fully saturated rings. The lowest BCUT2D eigenvalue weighted by molar-refractivity contribution is 0.300. The fourth-order valence-corrected chi connectivity index (χ4v) is 2.09. The normalized spacial score (nSPS) is 12.2. The molecule has 2 nitrogen and oxygen atoms in total. The van der Waals surface area contributed by atoms with Gasteiger partial charge in [0.2, 0.25) is 0 Å². The van der Waals surface area contributed by atoms with E-state index in [2.05, 4.69) is 0 Å². The van der Waals surface area contributed by atoms with Crippen LogP contribution >= 0.6 is 11.6 Å². The highest BCUT2D eigenvalue weighted by Gasteiger charge is 2.07. The molecular formula is C15H15ClFNO. The van der Waals surface area contributed by atoms with Crippen molar-refractivity contribution in [1.82, 2.24) is 0 Å². The van der Waals surface area contributed by atoms with Gasteiger partial charge in [-0.25, -0.2) is 4.39 Å². The molecular weight excluding hydrogens is 265 g/mol. The van der Waals surface area contributed by atoms with Gasteiger partial charge in [-0.05, 0) is 30.7 Å². The summed E-state index contributed by atoms with van der Waals surface area (Å²) in [5.74, 6) is 0.318. The van der Waals surface area contributed by atoms with E-state index in [4.69, 9.17) is 22.1 Å². The zero-order chi connectivity index (χ0) is 13.8. The summed E-state index contributed by atoms with van der Waals surface area (Å²) in [7, 11) is 0. The summed E-state index contributed by atoms with van der Waals surface area (Å²) in [6.07, 6.45) is 0. The number of hydrogen-bond donors (Lipinski definition) is 1. The summed E-state index contributed by atoms with van der Waals surface area (Å²) in [5.41, 5.74) is 7.14. The third-order valence-electron chi connectivity index (χ3n) is 2.81. The predicted octanol–water partition coefficient (Wildman–Crippen LogP) is 4.08. The maximum atomic E-state index is 13.4. The topological polar surface area (TPSA) is 35.2 Å². The molecule has 19 heavy (non-hydrogen) atoms. The van der Waals surface area contributed by atoms with Gasteiger partial charge < -0.3 is 10.5 Å². The van der Waals surface area contributed by atoms with Crippen LogP contribution in [-0.4, -0.2) is 0 Å². The van der Waals surface area contributed by atoms with E-state index in [1.54, 1.807) is 30.3 Å². The van der Waals surface area contributed by atoms with Gasteiger partial charge in [-0.3, -0.25) is 0 Å². The second-order valence-electron chi connectivity index (χ2n) is 4.35. The van der Waals surface area contributed by atoms with Crippen LogP contribution in [0.4, 0.5) is 4.39 Å². The number of nitrogens with two attached hydrogens (primary N) is 1. The quantitative estimate of drug-likeness (QED) is 0.915. The minimum atomic E-state index is -0.277. The highest BCUT2D eigenvalue weighted by molar-refractivity contribution is 6.31. The van der Waals surface area contributed by atoms with Gasteiger partial charge in [-0.2, -0.15) is 0 Å². The molecule has 0 aromatic heterocycles. The van der Waals surface area contributed by atoms with Crippen LogP contribution in [0.25, 0.3) is 0 Å². The first-order valence-corrected chi connectivity index (χ1v) is 6.37. The Labute approximate surface area is 117 Å². The van der Waals surface area contributed by atoms with Crippen LogP contribution in [0.5, 0.6) is 5.75 Å². The maximum Gasteiger partial charge on any atom is 0.129 e. The molecule has 0 spiro atoms. The van der Waals surface area contributed by atoms with Gasteiger partial charge in [0.1, 0.15) is 18.2 Å². The Morgan fingerprint density at radius 2 is 2.00 bits per heavy atom. The van der Waals surface area contributed by atoms with Crippen LogP contribution in [0.15, 0.2) is 42.5 Å². The van der Waals surface area contributed by atoms with Crippen molar-refractivity contribution in [1.29, 1.82) is 0 Å². The van der Waals surface area contributed by atoms with Gasteiger partial charge in [0.15, 0.2) is 0 Å². The van der Waals surface area contributed by atoms with Crippen molar-refractivity contribution in [3.63, 3.8) is 0 Å². The molecule has 0 amide bonds. The molecule has 4 heteroatoms. The molecule has 100 valence electrons. The Morgan fingerprint density at radius 1 is 1.26 bits per heavy atom. The van der Waals surface area contributed by atoms with Crippen molar-refractivity contribution in [2.75, 3.05) is 0 Å². The minimum Gasteiger partial charge on any atom is -0.489 e. The van der Waals surface area contributed by atoms with Crippen molar-refractivity contribution in [3.05, 3.63) is 64.4 Å². The Kier molecular flexibility index (Phi) is 4.40. The first kappa shape index (κ1) is 13.8. The van der Waals surface area contributed by atoms with Crippen molar-refractivity contribution in [2.24, 2.45) is 5.73 Å². The lowest BCUT2D eigenvalue weighted by Crippen LogP contribution is -2.05. The van der Waals surface area contributed by atoms with Crippen LogP contribution < -0.4 is 10.5 Å². The summed E-state index contributed by atoms with van der Waals surface area (Å²) in [6.45, 7) is 2.03. The number of halogens is 2. The maximum absolute atomic E-state index is 13.4. The summed E-state index contributed by atoms with van der Waals surface area (Å²) < 4.78 is 18.9. The second kappa shape index (κ2) is 6.04. The Morgan fingerprint density at radius 3 is 2.63 bits per heavy atom. The van der Waals surface area contributed by atoms with Crippen LogP contribution in [0.3, 0.4) is 0 Å². The van der Waals surface area contributed by atoms with Crippen LogP contribution in [-0.2, 0) is 6.61 Å². The average molecular weight is 280 g/mol. The Hall–Kier alpha value is -1.58. The summed E-state index contributed by atoms with van der Waals surface area (Å²) in [5, 5.41) is 0.557. The molecule has 0 saturated carbocycles. The van der Waals surface area contributed by atoms with Crippen molar-refractivity contribution in [2.45, 2.75) is 19.6 Å². The van der Waals surface area contributed by atoms with Gasteiger partial charge >= 0.3 is 0 Å². The molecule has 0 saturated heterocycles. The second-order valence-corrected chi connectivity index (χ2v) is 4.76. The minimum absolute atomic E-state index is 0.131. The highest BCUT2D eigenvalue weighted by Crippen LogP contribution is 2.26. The molecule has 1 unspecified atom stereocenters. The molecule has 0 heterocycles. The molecule has 0 aliphatic heterocycles. The van der Waals surface area contributed by atoms with Gasteiger partial charge in [0.25, 0.3) is 0 Å². The summed E-state index contributed by atoms with van der Waals surface area (Å²) >= 11 is 6.10. The van der Waals surface area contributed by atoms with Gasteiger partial charge in [0.05, 0.1) is 0 Å². The number of rotatable bonds is 4. The van der Waals surface area contributed by atoms with Gasteiger partial charge in [-0.1, -0.05) is 35.9 Å². The van der Waals surface area contributed by atoms with Crippen molar-refractivity contribution >= 4 is 11.6 Å². The standard InChI is InChI=1S/C15H15ClFNO/c1-10(18)13-7-6-12(8-14(13)16)19-9-11-4-2-3-5-15(11)17/h2-8,10H,9,18H2,1H3. The van der Waals surface area contributed by atoms with E-state index in [-0.39, 0.29) is 18.5 Å². The monoisotopic (exact) mass is 279 g/mol. The van der Waals surface area contributed by atoms with Gasteiger partial charge in [-0.15, -0.1) is 0 Å². The van der Waals surface area contributed by atoms with Crippen LogP contribution in [0.2, 0.25) is 5.02 Å². The lowest BCUT2D eigenvalue weighted by Gasteiger charge is -2.11. The first-order valence-electron chi connectivity index (χ1n) is 5.99. The molecule has 2 N–H and O–H groups in total. The fourth-order valence-electron chi connectivity index (χ4n) is 1.74. The van der Waals surface area contributed by atoms with Crippen molar-refractivity contribution < 1.29 is 9.13 Å². The smallest absolute Gasteiger partial charge is 0.129 e. The van der Waals surface area contributed by atoms with Crippen LogP contribution in [0, 0.1) is 5.82 Å². The third-order valence-corrected chi connectivity index (χ3v) is 3.14. The molecule has 2 aromatic rings. The fraction of sp³-hybridized carbons (Fsp3) is 0.200. The SMILES string of the molecule is CC(N)c1ccc(OCc2ccccc2F)cc1Cl. The highest BCUT2D eigenvalue weighted by atomic mass is 35.5. The molecule has 2 rings (SSSR count). The van der Waals surface area contributed by atoms with Crippen molar-refractivity contribution in [3.8, 4) is 5.75 Å². The van der Waals surface area contributed by atoms with E-state index in [0.717, 1.165) is 5.56 Å². The number of hydrogen-bond acceptors (Lipinski definition) is 2. The number of ether oxygens (including phenoxy) is 1. The number of benzene rings is 2. The first-order chi connectivity index (χ1) is 9.08.